The zero-order valence-corrected chi connectivity index (χ0v) is 16.6. The van der Waals surface area contributed by atoms with Crippen LogP contribution in [0.25, 0.3) is 0 Å². The molecule has 3 rings (SSSR count). The number of nitrogens with one attached hydrogen (secondary N) is 4. The molecule has 0 aromatic carbocycles. The van der Waals surface area contributed by atoms with Gasteiger partial charge >= 0.3 is 0 Å². The number of H-pyrrole nitrogens is 1. The normalized spacial score (nSPS) is 21.5. The molecule has 2 aliphatic heterocycles. The van der Waals surface area contributed by atoms with E-state index < -0.39 is 0 Å². The van der Waals surface area contributed by atoms with Crippen molar-refractivity contribution < 1.29 is 19.4 Å². The number of anilines is 2. The molecule has 1 unspecified atom stereocenters. The van der Waals surface area contributed by atoms with Gasteiger partial charge in [-0.15, -0.1) is 0 Å². The first-order valence-corrected chi connectivity index (χ1v) is 10.2. The summed E-state index contributed by atoms with van der Waals surface area (Å²) in [6.07, 6.45) is 4.37. The number of fused-ring (bicyclic) bond motifs is 1. The van der Waals surface area contributed by atoms with E-state index in [-0.39, 0.29) is 6.10 Å². The second kappa shape index (κ2) is 9.88. The van der Waals surface area contributed by atoms with Gasteiger partial charge in [0.15, 0.2) is 0 Å². The van der Waals surface area contributed by atoms with Gasteiger partial charge in [-0.05, 0) is 25.3 Å². The summed E-state index contributed by atoms with van der Waals surface area (Å²) in [6.45, 7) is 7.90. The Balaban J connectivity index is 1.79. The summed E-state index contributed by atoms with van der Waals surface area (Å²) < 4.78 is 11.2. The average Bonchev–Trinajstić information content (AvgIpc) is 3.19. The van der Waals surface area contributed by atoms with Crippen LogP contribution in [0.4, 0.5) is 11.6 Å². The highest BCUT2D eigenvalue weighted by Crippen LogP contribution is 2.26. The van der Waals surface area contributed by atoms with E-state index in [1.165, 1.54) is 16.0 Å². The predicted molar refractivity (Wildman–Crippen MR) is 104 cm³/mol. The Kier molecular flexibility index (Phi) is 7.27. The van der Waals surface area contributed by atoms with Gasteiger partial charge in [-0.2, -0.15) is 5.26 Å². The van der Waals surface area contributed by atoms with E-state index in [9.17, 15) is 5.26 Å². The molecule has 0 spiro atoms. The number of ether oxygens (including phenoxy) is 2. The lowest BCUT2D eigenvalue weighted by Gasteiger charge is -2.24. The Hall–Kier alpha value is -1.88. The number of hydrogen-bond acceptors (Lipinski definition) is 5. The SMILES string of the molecule is CCOCCCNc1[nH+]c(NC[C@@H]2CCCO2)c2c(c1C#N)CC[NH+](C)C2. The minimum Gasteiger partial charge on any atom is -0.382 e. The highest BCUT2D eigenvalue weighted by Gasteiger charge is 2.29. The number of pyridine rings is 1. The Morgan fingerprint density at radius 3 is 2.96 bits per heavy atom. The topological polar surface area (TPSA) is 84.9 Å². The van der Waals surface area contributed by atoms with Crippen LogP contribution in [0, 0.1) is 11.3 Å². The summed E-state index contributed by atoms with van der Waals surface area (Å²) in [6, 6.07) is 2.43. The second-order valence-corrected chi connectivity index (χ2v) is 7.45. The standard InChI is InChI=1S/C20H31N5O2/c1-3-26-10-5-8-22-19-17(12-21)16-7-9-25(2)14-18(16)20(24-19)23-13-15-6-4-11-27-15/h15H,3-11,13-14H2,1-2H3,(H2,22,23,24)/p+2/t15-/m0/s1. The van der Waals surface area contributed by atoms with Crippen LogP contribution in [0.5, 0.6) is 0 Å². The molecule has 0 amide bonds. The van der Waals surface area contributed by atoms with Gasteiger partial charge in [-0.25, -0.2) is 4.98 Å². The fourth-order valence-corrected chi connectivity index (χ4v) is 3.88. The number of likely N-dealkylation sites (N-methyl/N-ethyl adjacent to an activating group) is 1. The van der Waals surface area contributed by atoms with E-state index in [1.54, 1.807) is 0 Å². The molecule has 27 heavy (non-hydrogen) atoms. The molecule has 2 atom stereocenters. The first kappa shape index (κ1) is 19.9. The van der Waals surface area contributed by atoms with Crippen LogP contribution in [-0.2, 0) is 22.4 Å². The first-order chi connectivity index (χ1) is 13.2. The van der Waals surface area contributed by atoms with Crippen LogP contribution in [-0.4, -0.2) is 52.6 Å². The number of nitriles is 1. The van der Waals surface area contributed by atoms with Crippen LogP contribution in [0.1, 0.15) is 42.9 Å². The number of rotatable bonds is 9. The van der Waals surface area contributed by atoms with Gasteiger partial charge in [-0.1, -0.05) is 0 Å². The summed E-state index contributed by atoms with van der Waals surface area (Å²) >= 11 is 0. The first-order valence-electron chi connectivity index (χ1n) is 10.2. The van der Waals surface area contributed by atoms with Gasteiger partial charge in [0.25, 0.3) is 0 Å². The summed E-state index contributed by atoms with van der Waals surface area (Å²) in [7, 11) is 2.21. The zero-order chi connectivity index (χ0) is 19.1. The summed E-state index contributed by atoms with van der Waals surface area (Å²) in [5.41, 5.74) is 3.19. The molecular weight excluding hydrogens is 342 g/mol. The van der Waals surface area contributed by atoms with Crippen LogP contribution in [0.3, 0.4) is 0 Å². The van der Waals surface area contributed by atoms with Crippen molar-refractivity contribution >= 4 is 11.6 Å². The summed E-state index contributed by atoms with van der Waals surface area (Å²) in [5, 5.41) is 16.8. The quantitative estimate of drug-likeness (QED) is 0.543. The third-order valence-electron chi connectivity index (χ3n) is 5.36. The van der Waals surface area contributed by atoms with Crippen molar-refractivity contribution in [2.45, 2.75) is 45.3 Å². The van der Waals surface area contributed by atoms with Gasteiger partial charge < -0.3 is 25.0 Å². The average molecular weight is 376 g/mol. The van der Waals surface area contributed by atoms with Crippen molar-refractivity contribution in [3.05, 3.63) is 16.7 Å². The van der Waals surface area contributed by atoms with E-state index in [0.29, 0.717) is 0 Å². The minimum atomic E-state index is 0.279. The van der Waals surface area contributed by atoms with E-state index in [2.05, 4.69) is 28.7 Å². The molecule has 7 heteroatoms. The lowest BCUT2D eigenvalue weighted by Crippen LogP contribution is -3.08. The predicted octanol–water partition coefficient (Wildman–Crippen LogP) is 0.373. The van der Waals surface area contributed by atoms with E-state index >= 15 is 0 Å². The molecular formula is C20H33N5O2+2. The van der Waals surface area contributed by atoms with Gasteiger partial charge in [0.2, 0.25) is 11.6 Å². The molecule has 1 aromatic rings. The number of aromatic amines is 1. The molecule has 0 bridgehead atoms. The fraction of sp³-hybridized carbons (Fsp3) is 0.700. The summed E-state index contributed by atoms with van der Waals surface area (Å²) in [5.74, 6) is 1.85. The Labute approximate surface area is 162 Å². The molecule has 0 radical (unpaired) electrons. The molecule has 2 aliphatic rings. The van der Waals surface area contributed by atoms with Crippen molar-refractivity contribution in [1.29, 1.82) is 5.26 Å². The number of nitrogens with zero attached hydrogens (tertiary/aromatic N) is 1. The smallest absolute Gasteiger partial charge is 0.237 e. The molecule has 4 N–H and O–H groups in total. The third-order valence-corrected chi connectivity index (χ3v) is 5.36. The third kappa shape index (κ3) is 5.10. The van der Waals surface area contributed by atoms with Crippen molar-refractivity contribution in [3.63, 3.8) is 0 Å². The molecule has 0 saturated carbocycles. The number of aromatic nitrogens is 1. The van der Waals surface area contributed by atoms with Crippen LogP contribution >= 0.6 is 0 Å². The van der Waals surface area contributed by atoms with Gasteiger partial charge in [0.1, 0.15) is 18.2 Å². The molecule has 7 nitrogen and oxygen atoms in total. The van der Waals surface area contributed by atoms with E-state index in [4.69, 9.17) is 9.47 Å². The Morgan fingerprint density at radius 2 is 2.22 bits per heavy atom. The number of hydrogen-bond donors (Lipinski definition) is 3. The number of quaternary nitrogens is 1. The van der Waals surface area contributed by atoms with Crippen LogP contribution in [0.15, 0.2) is 0 Å². The van der Waals surface area contributed by atoms with E-state index in [0.717, 1.165) is 88.9 Å². The monoisotopic (exact) mass is 375 g/mol. The Bertz CT molecular complexity index is 667. The van der Waals surface area contributed by atoms with E-state index in [1.807, 2.05) is 6.92 Å². The second-order valence-electron chi connectivity index (χ2n) is 7.45. The van der Waals surface area contributed by atoms with Gasteiger partial charge in [0, 0.05) is 32.7 Å². The highest BCUT2D eigenvalue weighted by atomic mass is 16.5. The molecule has 3 heterocycles. The zero-order valence-electron chi connectivity index (χ0n) is 16.6. The summed E-state index contributed by atoms with van der Waals surface area (Å²) in [4.78, 5) is 4.94. The van der Waals surface area contributed by atoms with Crippen molar-refractivity contribution in [2.24, 2.45) is 0 Å². The van der Waals surface area contributed by atoms with Crippen molar-refractivity contribution in [1.82, 2.24) is 0 Å². The maximum Gasteiger partial charge on any atom is 0.237 e. The van der Waals surface area contributed by atoms with Crippen molar-refractivity contribution in [3.8, 4) is 6.07 Å². The van der Waals surface area contributed by atoms with Gasteiger partial charge in [0.05, 0.1) is 38.3 Å². The lowest BCUT2D eigenvalue weighted by atomic mass is 9.96. The lowest BCUT2D eigenvalue weighted by molar-refractivity contribution is -0.895. The minimum absolute atomic E-state index is 0.279. The molecule has 0 aliphatic carbocycles. The molecule has 1 fully saturated rings. The largest absolute Gasteiger partial charge is 0.382 e. The fourth-order valence-electron chi connectivity index (χ4n) is 3.88. The maximum absolute atomic E-state index is 9.79. The maximum atomic E-state index is 9.79. The van der Waals surface area contributed by atoms with Crippen LogP contribution in [0.2, 0.25) is 0 Å². The molecule has 1 saturated heterocycles. The Morgan fingerprint density at radius 1 is 1.33 bits per heavy atom. The highest BCUT2D eigenvalue weighted by molar-refractivity contribution is 5.60. The van der Waals surface area contributed by atoms with Crippen LogP contribution < -0.4 is 20.5 Å². The van der Waals surface area contributed by atoms with Gasteiger partial charge in [-0.3, -0.25) is 0 Å². The van der Waals surface area contributed by atoms with Crippen molar-refractivity contribution in [2.75, 3.05) is 57.1 Å². The molecule has 148 valence electrons. The molecule has 1 aromatic heterocycles.